The molecule has 2 N–H and O–H groups in total. The normalized spacial score (nSPS) is 26.4. The number of likely N-dealkylation sites (tertiary alicyclic amines) is 1. The Morgan fingerprint density at radius 3 is 2.30 bits per heavy atom. The van der Waals surface area contributed by atoms with Crippen molar-refractivity contribution >= 4 is 11.9 Å². The van der Waals surface area contributed by atoms with E-state index >= 15 is 0 Å². The molecule has 5 nitrogen and oxygen atoms in total. The lowest BCUT2D eigenvalue weighted by molar-refractivity contribution is 0.0708. The van der Waals surface area contributed by atoms with Crippen LogP contribution in [0.1, 0.15) is 61.7 Å². The summed E-state index contributed by atoms with van der Waals surface area (Å²) in [7, 11) is 0. The summed E-state index contributed by atoms with van der Waals surface area (Å²) in [6.07, 6.45) is 9.60. The molecule has 1 saturated heterocycles. The quantitative estimate of drug-likeness (QED) is 0.852. The summed E-state index contributed by atoms with van der Waals surface area (Å²) in [5.74, 6) is 1.63. The molecule has 1 aromatic rings. The van der Waals surface area contributed by atoms with Crippen LogP contribution in [0.2, 0.25) is 0 Å². The van der Waals surface area contributed by atoms with Gasteiger partial charge in [0, 0.05) is 30.7 Å². The first-order valence-electron chi connectivity index (χ1n) is 10.6. The van der Waals surface area contributed by atoms with Crippen LogP contribution >= 0.6 is 0 Å². The minimum absolute atomic E-state index is 0.0221. The first-order chi connectivity index (χ1) is 13.2. The molecule has 1 heterocycles. The number of piperidine rings is 1. The van der Waals surface area contributed by atoms with Crippen molar-refractivity contribution in [2.75, 3.05) is 13.1 Å². The van der Waals surface area contributed by atoms with E-state index in [1.165, 1.54) is 32.1 Å². The third kappa shape index (κ3) is 4.63. The zero-order chi connectivity index (χ0) is 18.6. The van der Waals surface area contributed by atoms with E-state index in [-0.39, 0.29) is 18.0 Å². The van der Waals surface area contributed by atoms with E-state index < -0.39 is 0 Å². The highest BCUT2D eigenvalue weighted by Crippen LogP contribution is 2.44. The predicted molar refractivity (Wildman–Crippen MR) is 106 cm³/mol. The zero-order valence-corrected chi connectivity index (χ0v) is 16.0. The Morgan fingerprint density at radius 1 is 0.889 bits per heavy atom. The van der Waals surface area contributed by atoms with Crippen molar-refractivity contribution in [2.24, 2.45) is 11.8 Å². The number of hydrogen-bond donors (Lipinski definition) is 2. The largest absolute Gasteiger partial charge is 0.338 e. The van der Waals surface area contributed by atoms with Crippen LogP contribution in [0.3, 0.4) is 0 Å². The first kappa shape index (κ1) is 18.3. The second-order valence-corrected chi connectivity index (χ2v) is 8.45. The van der Waals surface area contributed by atoms with Crippen LogP contribution in [0, 0.1) is 11.8 Å². The van der Waals surface area contributed by atoms with Gasteiger partial charge in [-0.1, -0.05) is 50.3 Å². The van der Waals surface area contributed by atoms with Gasteiger partial charge in [-0.25, -0.2) is 4.79 Å². The number of benzene rings is 1. The second kappa shape index (κ2) is 8.32. The summed E-state index contributed by atoms with van der Waals surface area (Å²) in [5.41, 5.74) is 0.740. The number of nitrogens with zero attached hydrogens (tertiary/aromatic N) is 1. The van der Waals surface area contributed by atoms with E-state index in [0.29, 0.717) is 25.0 Å². The lowest BCUT2D eigenvalue weighted by atomic mass is 9.85. The van der Waals surface area contributed by atoms with Crippen molar-refractivity contribution < 1.29 is 9.59 Å². The Labute approximate surface area is 161 Å². The van der Waals surface area contributed by atoms with Crippen molar-refractivity contribution in [1.82, 2.24) is 15.5 Å². The van der Waals surface area contributed by atoms with Gasteiger partial charge in [0.1, 0.15) is 0 Å². The van der Waals surface area contributed by atoms with E-state index in [0.717, 1.165) is 30.7 Å². The van der Waals surface area contributed by atoms with Gasteiger partial charge in [0.15, 0.2) is 0 Å². The summed E-state index contributed by atoms with van der Waals surface area (Å²) in [4.78, 5) is 26.7. The maximum atomic E-state index is 12.5. The van der Waals surface area contributed by atoms with Crippen LogP contribution in [-0.4, -0.2) is 42.0 Å². The van der Waals surface area contributed by atoms with Gasteiger partial charge in [0.25, 0.3) is 5.91 Å². The highest BCUT2D eigenvalue weighted by Gasteiger charge is 2.43. The Morgan fingerprint density at radius 2 is 1.59 bits per heavy atom. The van der Waals surface area contributed by atoms with Gasteiger partial charge in [-0.05, 0) is 43.2 Å². The molecule has 1 aliphatic heterocycles. The first-order valence-corrected chi connectivity index (χ1v) is 10.6. The minimum Gasteiger partial charge on any atom is -0.338 e. The average molecular weight is 370 g/mol. The minimum atomic E-state index is -0.0221. The van der Waals surface area contributed by atoms with E-state index in [1.54, 1.807) is 0 Å². The van der Waals surface area contributed by atoms with E-state index in [9.17, 15) is 9.59 Å². The Balaban J connectivity index is 1.17. The van der Waals surface area contributed by atoms with Crippen molar-refractivity contribution in [3.63, 3.8) is 0 Å². The molecular formula is C22H31N3O2. The lowest BCUT2D eigenvalue weighted by Crippen LogP contribution is -2.49. The fourth-order valence-corrected chi connectivity index (χ4v) is 4.85. The number of carbonyl (C=O) groups is 2. The molecule has 0 radical (unpaired) electrons. The highest BCUT2D eigenvalue weighted by molar-refractivity contribution is 5.94. The SMILES string of the molecule is O=C(NC1CCN(C(=O)c2ccccc2)CC1)N[C@@H]1C[C@H]1C1CCCCC1. The lowest BCUT2D eigenvalue weighted by Gasteiger charge is -2.32. The molecule has 0 unspecified atom stereocenters. The molecule has 4 rings (SSSR count). The summed E-state index contributed by atoms with van der Waals surface area (Å²) < 4.78 is 0. The standard InChI is InChI=1S/C22H31N3O2/c26-21(17-9-5-2-6-10-17)25-13-11-18(12-14-25)23-22(27)24-20-15-19(20)16-7-3-1-4-8-16/h2,5-6,9-10,16,18-20H,1,3-4,7-8,11-15H2,(H2,23,24,27)/t19-,20+/m0/s1. The molecule has 27 heavy (non-hydrogen) atoms. The van der Waals surface area contributed by atoms with E-state index in [4.69, 9.17) is 0 Å². The van der Waals surface area contributed by atoms with Gasteiger partial charge >= 0.3 is 6.03 Å². The fourth-order valence-electron chi connectivity index (χ4n) is 4.85. The van der Waals surface area contributed by atoms with Crippen molar-refractivity contribution in [3.8, 4) is 0 Å². The maximum Gasteiger partial charge on any atom is 0.315 e. The van der Waals surface area contributed by atoms with Crippen LogP contribution in [0.15, 0.2) is 30.3 Å². The molecular weight excluding hydrogens is 338 g/mol. The zero-order valence-electron chi connectivity index (χ0n) is 16.0. The Hall–Kier alpha value is -2.04. The fraction of sp³-hybridized carbons (Fsp3) is 0.636. The molecule has 3 aliphatic rings. The molecule has 1 aromatic carbocycles. The monoisotopic (exact) mass is 369 g/mol. The highest BCUT2D eigenvalue weighted by atomic mass is 16.2. The van der Waals surface area contributed by atoms with Gasteiger partial charge in [0.05, 0.1) is 0 Å². The summed E-state index contributed by atoms with van der Waals surface area (Å²) in [6, 6.07) is 9.95. The number of nitrogens with one attached hydrogen (secondary N) is 2. The summed E-state index contributed by atoms with van der Waals surface area (Å²) in [5, 5.41) is 6.30. The van der Waals surface area contributed by atoms with Gasteiger partial charge in [-0.3, -0.25) is 4.79 Å². The number of urea groups is 1. The van der Waals surface area contributed by atoms with Crippen LogP contribution in [0.25, 0.3) is 0 Å². The molecule has 0 bridgehead atoms. The summed E-state index contributed by atoms with van der Waals surface area (Å²) >= 11 is 0. The van der Waals surface area contributed by atoms with Gasteiger partial charge in [0.2, 0.25) is 0 Å². The third-order valence-electron chi connectivity index (χ3n) is 6.55. The van der Waals surface area contributed by atoms with Crippen molar-refractivity contribution in [3.05, 3.63) is 35.9 Å². The van der Waals surface area contributed by atoms with Crippen LogP contribution in [0.4, 0.5) is 4.79 Å². The molecule has 3 fully saturated rings. The molecule has 3 amide bonds. The number of amides is 3. The van der Waals surface area contributed by atoms with E-state index in [1.807, 2.05) is 35.2 Å². The number of rotatable bonds is 4. The molecule has 5 heteroatoms. The van der Waals surface area contributed by atoms with Gasteiger partial charge < -0.3 is 15.5 Å². The third-order valence-corrected chi connectivity index (χ3v) is 6.55. The van der Waals surface area contributed by atoms with Crippen molar-refractivity contribution in [2.45, 2.75) is 63.5 Å². The topological polar surface area (TPSA) is 61.4 Å². The predicted octanol–water partition coefficient (Wildman–Crippen LogP) is 3.56. The van der Waals surface area contributed by atoms with E-state index in [2.05, 4.69) is 10.6 Å². The van der Waals surface area contributed by atoms with Gasteiger partial charge in [-0.2, -0.15) is 0 Å². The smallest absolute Gasteiger partial charge is 0.315 e. The van der Waals surface area contributed by atoms with Crippen molar-refractivity contribution in [1.29, 1.82) is 0 Å². The molecule has 2 aliphatic carbocycles. The number of hydrogen-bond acceptors (Lipinski definition) is 2. The Bertz CT molecular complexity index is 649. The molecule has 2 saturated carbocycles. The average Bonchev–Trinajstić information content (AvgIpc) is 3.48. The molecule has 0 spiro atoms. The van der Waals surface area contributed by atoms with Crippen LogP contribution < -0.4 is 10.6 Å². The van der Waals surface area contributed by atoms with Gasteiger partial charge in [-0.15, -0.1) is 0 Å². The molecule has 0 aromatic heterocycles. The summed E-state index contributed by atoms with van der Waals surface area (Å²) in [6.45, 7) is 1.40. The second-order valence-electron chi connectivity index (χ2n) is 8.45. The maximum absolute atomic E-state index is 12.5. The van der Waals surface area contributed by atoms with Crippen LogP contribution in [0.5, 0.6) is 0 Å². The molecule has 2 atom stereocenters. The Kier molecular flexibility index (Phi) is 5.65. The molecule has 146 valence electrons. The number of carbonyl (C=O) groups excluding carboxylic acids is 2. The van der Waals surface area contributed by atoms with Crippen LogP contribution in [-0.2, 0) is 0 Å².